The minimum atomic E-state index is -0.393. The summed E-state index contributed by atoms with van der Waals surface area (Å²) in [7, 11) is 0. The van der Waals surface area contributed by atoms with Crippen LogP contribution in [0.4, 0.5) is 0 Å². The molecule has 2 aliphatic heterocycles. The number of benzene rings is 1. The predicted octanol–water partition coefficient (Wildman–Crippen LogP) is 1.60. The Kier molecular flexibility index (Phi) is 4.13. The van der Waals surface area contributed by atoms with Crippen molar-refractivity contribution in [3.05, 3.63) is 54.0 Å². The van der Waals surface area contributed by atoms with Gasteiger partial charge in [-0.25, -0.2) is 4.98 Å². The molecule has 6 heteroatoms. The van der Waals surface area contributed by atoms with E-state index in [0.29, 0.717) is 32.0 Å². The fraction of sp³-hybridized carbons (Fsp3) is 0.389. The van der Waals surface area contributed by atoms with Crippen LogP contribution in [0.5, 0.6) is 5.88 Å². The summed E-state index contributed by atoms with van der Waals surface area (Å²) < 4.78 is 11.6. The summed E-state index contributed by atoms with van der Waals surface area (Å²) in [6, 6.07) is 8.13. The first-order valence-corrected chi connectivity index (χ1v) is 8.19. The molecule has 0 saturated carbocycles. The van der Waals surface area contributed by atoms with Gasteiger partial charge < -0.3 is 14.4 Å². The number of aromatic nitrogens is 2. The third-order valence-electron chi connectivity index (χ3n) is 4.52. The van der Waals surface area contributed by atoms with E-state index in [-0.39, 0.29) is 12.0 Å². The molecule has 1 saturated heterocycles. The number of likely N-dealkylation sites (tertiary alicyclic amines) is 1. The van der Waals surface area contributed by atoms with E-state index >= 15 is 0 Å². The highest BCUT2D eigenvalue weighted by molar-refractivity contribution is 5.82. The molecule has 2 aromatic rings. The second kappa shape index (κ2) is 6.57. The number of fused-ring (bicyclic) bond motifs is 1. The Morgan fingerprint density at radius 1 is 1.25 bits per heavy atom. The lowest BCUT2D eigenvalue weighted by molar-refractivity contribution is -0.144. The van der Waals surface area contributed by atoms with E-state index in [1.54, 1.807) is 18.6 Å². The Morgan fingerprint density at radius 3 is 2.96 bits per heavy atom. The molecule has 4 rings (SSSR count). The molecule has 0 aliphatic carbocycles. The van der Waals surface area contributed by atoms with Gasteiger partial charge in [0.1, 0.15) is 12.2 Å². The summed E-state index contributed by atoms with van der Waals surface area (Å²) in [5.41, 5.74) is 2.38. The zero-order valence-corrected chi connectivity index (χ0v) is 13.3. The summed E-state index contributed by atoms with van der Waals surface area (Å²) in [5, 5.41) is 0. The van der Waals surface area contributed by atoms with Crippen molar-refractivity contribution in [3.8, 4) is 5.88 Å². The van der Waals surface area contributed by atoms with Gasteiger partial charge in [-0.2, -0.15) is 0 Å². The second-order valence-electron chi connectivity index (χ2n) is 6.13. The number of rotatable bonds is 3. The zero-order chi connectivity index (χ0) is 16.4. The van der Waals surface area contributed by atoms with Crippen LogP contribution in [0.3, 0.4) is 0 Å². The molecule has 2 unspecified atom stereocenters. The van der Waals surface area contributed by atoms with Crippen molar-refractivity contribution >= 4 is 5.91 Å². The van der Waals surface area contributed by atoms with Crippen LogP contribution < -0.4 is 4.74 Å². The smallest absolute Gasteiger partial charge is 0.252 e. The van der Waals surface area contributed by atoms with E-state index in [9.17, 15) is 4.79 Å². The van der Waals surface area contributed by atoms with Crippen molar-refractivity contribution in [3.63, 3.8) is 0 Å². The van der Waals surface area contributed by atoms with Crippen LogP contribution in [0, 0.1) is 0 Å². The van der Waals surface area contributed by atoms with E-state index in [0.717, 1.165) is 6.42 Å². The molecular formula is C18H19N3O3. The molecule has 1 aromatic carbocycles. The average molecular weight is 325 g/mol. The van der Waals surface area contributed by atoms with Gasteiger partial charge in [0.05, 0.1) is 19.3 Å². The predicted molar refractivity (Wildman–Crippen MR) is 86.4 cm³/mol. The Bertz CT molecular complexity index is 722. The Hall–Kier alpha value is -2.47. The van der Waals surface area contributed by atoms with Crippen molar-refractivity contribution in [2.24, 2.45) is 0 Å². The van der Waals surface area contributed by atoms with E-state index in [1.165, 1.54) is 11.1 Å². The molecular weight excluding hydrogens is 306 g/mol. The van der Waals surface area contributed by atoms with Gasteiger partial charge in [0.15, 0.2) is 0 Å². The van der Waals surface area contributed by atoms with E-state index in [2.05, 4.69) is 22.1 Å². The summed E-state index contributed by atoms with van der Waals surface area (Å²) in [4.78, 5) is 22.7. The molecule has 24 heavy (non-hydrogen) atoms. The molecule has 0 bridgehead atoms. The minimum Gasteiger partial charge on any atom is -0.471 e. The lowest BCUT2D eigenvalue weighted by Gasteiger charge is -2.28. The quantitative estimate of drug-likeness (QED) is 0.857. The van der Waals surface area contributed by atoms with E-state index in [1.807, 2.05) is 17.0 Å². The Morgan fingerprint density at radius 2 is 2.12 bits per heavy atom. The summed E-state index contributed by atoms with van der Waals surface area (Å²) in [6.45, 7) is 1.75. The van der Waals surface area contributed by atoms with Gasteiger partial charge in [0.2, 0.25) is 5.88 Å². The average Bonchev–Trinajstić information content (AvgIpc) is 3.10. The number of nitrogens with zero attached hydrogens (tertiary/aromatic N) is 3. The number of carbonyl (C=O) groups excluding carboxylic acids is 1. The molecule has 124 valence electrons. The van der Waals surface area contributed by atoms with Crippen molar-refractivity contribution in [1.82, 2.24) is 14.9 Å². The second-order valence-corrected chi connectivity index (χ2v) is 6.13. The van der Waals surface area contributed by atoms with Crippen LogP contribution in [-0.4, -0.2) is 46.1 Å². The van der Waals surface area contributed by atoms with Gasteiger partial charge in [-0.3, -0.25) is 9.78 Å². The van der Waals surface area contributed by atoms with Crippen LogP contribution in [0.25, 0.3) is 0 Å². The SMILES string of the molecule is O=C(C1Cc2ccccc2CO1)N1CCC(Oc2cnccn2)C1. The highest BCUT2D eigenvalue weighted by Crippen LogP contribution is 2.23. The summed E-state index contributed by atoms with van der Waals surface area (Å²) in [6.07, 6.45) is 5.80. The molecule has 1 amide bonds. The topological polar surface area (TPSA) is 64.5 Å². The van der Waals surface area contributed by atoms with Crippen molar-refractivity contribution in [2.45, 2.75) is 31.7 Å². The maximum absolute atomic E-state index is 12.7. The third-order valence-corrected chi connectivity index (χ3v) is 4.52. The van der Waals surface area contributed by atoms with Crippen LogP contribution in [0.15, 0.2) is 42.9 Å². The van der Waals surface area contributed by atoms with Crippen LogP contribution in [0.2, 0.25) is 0 Å². The van der Waals surface area contributed by atoms with Crippen molar-refractivity contribution < 1.29 is 14.3 Å². The molecule has 3 heterocycles. The number of hydrogen-bond donors (Lipinski definition) is 0. The van der Waals surface area contributed by atoms with Crippen molar-refractivity contribution in [1.29, 1.82) is 0 Å². The van der Waals surface area contributed by atoms with Gasteiger partial charge in [0, 0.05) is 31.8 Å². The molecule has 2 aliphatic rings. The lowest BCUT2D eigenvalue weighted by Crippen LogP contribution is -2.42. The molecule has 2 atom stereocenters. The molecule has 0 spiro atoms. The van der Waals surface area contributed by atoms with E-state index < -0.39 is 6.10 Å². The minimum absolute atomic E-state index is 0.0403. The lowest BCUT2D eigenvalue weighted by atomic mass is 9.98. The zero-order valence-electron chi connectivity index (χ0n) is 13.3. The van der Waals surface area contributed by atoms with E-state index in [4.69, 9.17) is 9.47 Å². The van der Waals surface area contributed by atoms with Crippen molar-refractivity contribution in [2.75, 3.05) is 13.1 Å². The Balaban J connectivity index is 1.36. The first-order chi connectivity index (χ1) is 11.8. The van der Waals surface area contributed by atoms with Gasteiger partial charge >= 0.3 is 0 Å². The number of amides is 1. The maximum atomic E-state index is 12.7. The van der Waals surface area contributed by atoms with Crippen LogP contribution in [0.1, 0.15) is 17.5 Å². The summed E-state index contributed by atoms with van der Waals surface area (Å²) >= 11 is 0. The number of ether oxygens (including phenoxy) is 2. The van der Waals surface area contributed by atoms with Gasteiger partial charge in [-0.15, -0.1) is 0 Å². The summed E-state index contributed by atoms with van der Waals surface area (Å²) in [5.74, 6) is 0.550. The third kappa shape index (κ3) is 3.10. The fourth-order valence-electron chi connectivity index (χ4n) is 3.25. The normalized spacial score (nSPS) is 22.9. The van der Waals surface area contributed by atoms with Crippen LogP contribution in [-0.2, 0) is 22.6 Å². The Labute approximate surface area is 140 Å². The van der Waals surface area contributed by atoms with Gasteiger partial charge in [0.25, 0.3) is 5.91 Å². The standard InChI is InChI=1S/C18H19N3O3/c22-18(16-9-13-3-1-2-4-14(13)12-23-16)21-8-5-15(11-21)24-17-10-19-6-7-20-17/h1-4,6-7,10,15-16H,5,8-9,11-12H2. The highest BCUT2D eigenvalue weighted by atomic mass is 16.5. The molecule has 0 N–H and O–H groups in total. The molecule has 6 nitrogen and oxygen atoms in total. The fourth-order valence-corrected chi connectivity index (χ4v) is 3.25. The number of carbonyl (C=O) groups is 1. The molecule has 1 fully saturated rings. The monoisotopic (exact) mass is 325 g/mol. The highest BCUT2D eigenvalue weighted by Gasteiger charge is 2.34. The first-order valence-electron chi connectivity index (χ1n) is 8.19. The maximum Gasteiger partial charge on any atom is 0.252 e. The molecule has 0 radical (unpaired) electrons. The molecule has 1 aromatic heterocycles. The largest absolute Gasteiger partial charge is 0.471 e. The van der Waals surface area contributed by atoms with Crippen LogP contribution >= 0.6 is 0 Å². The first kappa shape index (κ1) is 15.1. The number of hydrogen-bond acceptors (Lipinski definition) is 5. The van der Waals surface area contributed by atoms with Gasteiger partial charge in [-0.05, 0) is 11.1 Å². The van der Waals surface area contributed by atoms with Gasteiger partial charge in [-0.1, -0.05) is 24.3 Å².